The Morgan fingerprint density at radius 1 is 1.55 bits per heavy atom. The highest BCUT2D eigenvalue weighted by atomic mass is 32.2. The van der Waals surface area contributed by atoms with Crippen LogP contribution in [0.3, 0.4) is 0 Å². The number of allylic oxidation sites excluding steroid dienone is 2. The van der Waals surface area contributed by atoms with E-state index in [-0.39, 0.29) is 5.75 Å². The molecule has 0 bridgehead atoms. The number of carbonyl (C=O) groups is 1. The van der Waals surface area contributed by atoms with Crippen LogP contribution in [0.5, 0.6) is 0 Å². The van der Waals surface area contributed by atoms with Gasteiger partial charge in [-0.1, -0.05) is 16.0 Å². The first-order chi connectivity index (χ1) is 10.4. The number of fused-ring (bicyclic) bond motifs is 1. The number of primary amides is 1. The van der Waals surface area contributed by atoms with E-state index in [1.807, 2.05) is 0 Å². The fraction of sp³-hybridized carbons (Fsp3) is 0.250. The van der Waals surface area contributed by atoms with Crippen molar-refractivity contribution in [3.05, 3.63) is 36.4 Å². The lowest BCUT2D eigenvalue weighted by Gasteiger charge is -2.31. The van der Waals surface area contributed by atoms with E-state index in [1.165, 1.54) is 23.7 Å². The van der Waals surface area contributed by atoms with E-state index in [9.17, 15) is 13.2 Å². The fourth-order valence-electron chi connectivity index (χ4n) is 2.55. The van der Waals surface area contributed by atoms with Gasteiger partial charge in [0.25, 0.3) is 5.82 Å². The predicted molar refractivity (Wildman–Crippen MR) is 80.4 cm³/mol. The van der Waals surface area contributed by atoms with Gasteiger partial charge in [0.2, 0.25) is 12.2 Å². The molecular formula is C12H15N6O3S+. The SMILES string of the molecule is CCS(=O)(=O)[N+]1(c2cn[nH]c2)C=NN2C1=CC=CC2C(N)=O. The van der Waals surface area contributed by atoms with E-state index in [2.05, 4.69) is 15.3 Å². The molecule has 0 saturated heterocycles. The second kappa shape index (κ2) is 4.78. The smallest absolute Gasteiger partial charge is 0.313 e. The Balaban J connectivity index is 2.23. The Morgan fingerprint density at radius 3 is 2.91 bits per heavy atom. The van der Waals surface area contributed by atoms with Gasteiger partial charge in [0.1, 0.15) is 6.20 Å². The Morgan fingerprint density at radius 2 is 2.32 bits per heavy atom. The van der Waals surface area contributed by atoms with Crippen molar-refractivity contribution in [2.75, 3.05) is 5.75 Å². The van der Waals surface area contributed by atoms with E-state index in [4.69, 9.17) is 5.73 Å². The molecule has 1 aromatic heterocycles. The second-order valence-corrected chi connectivity index (χ2v) is 7.13. The number of hydrogen-bond donors (Lipinski definition) is 2. The summed E-state index contributed by atoms with van der Waals surface area (Å²) in [6.45, 7) is 1.55. The molecule has 0 spiro atoms. The average molecular weight is 323 g/mol. The molecule has 3 rings (SSSR count). The summed E-state index contributed by atoms with van der Waals surface area (Å²) in [6, 6.07) is -0.824. The summed E-state index contributed by atoms with van der Waals surface area (Å²) >= 11 is 0. The van der Waals surface area contributed by atoms with E-state index < -0.39 is 25.9 Å². The third kappa shape index (κ3) is 1.74. The zero-order valence-electron chi connectivity index (χ0n) is 11.7. The van der Waals surface area contributed by atoms with Crippen molar-refractivity contribution in [1.29, 1.82) is 0 Å². The number of amides is 1. The highest BCUT2D eigenvalue weighted by Gasteiger charge is 2.55. The van der Waals surface area contributed by atoms with E-state index >= 15 is 0 Å². The molecule has 2 aliphatic rings. The number of nitrogens with one attached hydrogen (secondary N) is 1. The van der Waals surface area contributed by atoms with Crippen molar-refractivity contribution in [2.45, 2.75) is 13.0 Å². The first kappa shape index (κ1) is 14.5. The van der Waals surface area contributed by atoms with Crippen LogP contribution in [0.25, 0.3) is 0 Å². The number of sulfonamides is 1. The predicted octanol–water partition coefficient (Wildman–Crippen LogP) is -0.409. The summed E-state index contributed by atoms with van der Waals surface area (Å²) in [7, 11) is -3.67. The van der Waals surface area contributed by atoms with Gasteiger partial charge in [-0.25, -0.2) is 0 Å². The molecule has 1 amide bonds. The lowest BCUT2D eigenvalue weighted by atomic mass is 10.2. The molecule has 22 heavy (non-hydrogen) atoms. The molecule has 1 aromatic rings. The lowest BCUT2D eigenvalue weighted by molar-refractivity contribution is -0.121. The Bertz CT molecular complexity index is 795. The maximum Gasteiger partial charge on any atom is 0.313 e. The summed E-state index contributed by atoms with van der Waals surface area (Å²) in [5.41, 5.74) is 5.75. The van der Waals surface area contributed by atoms with Gasteiger partial charge in [-0.2, -0.15) is 18.5 Å². The van der Waals surface area contributed by atoms with Crippen LogP contribution in [0.15, 0.2) is 41.5 Å². The molecule has 116 valence electrons. The number of hydrogen-bond acceptors (Lipinski definition) is 6. The van der Waals surface area contributed by atoms with E-state index in [0.717, 1.165) is 0 Å². The lowest BCUT2D eigenvalue weighted by Crippen LogP contribution is -2.54. The van der Waals surface area contributed by atoms with Crippen molar-refractivity contribution in [1.82, 2.24) is 19.1 Å². The summed E-state index contributed by atoms with van der Waals surface area (Å²) in [4.78, 5) is 11.6. The van der Waals surface area contributed by atoms with Crippen LogP contribution >= 0.6 is 0 Å². The molecule has 2 unspecified atom stereocenters. The van der Waals surface area contributed by atoms with E-state index in [1.54, 1.807) is 25.2 Å². The average Bonchev–Trinajstić information content (AvgIpc) is 3.14. The van der Waals surface area contributed by atoms with Crippen molar-refractivity contribution in [3.8, 4) is 0 Å². The monoisotopic (exact) mass is 323 g/mol. The number of hydrazone groups is 1. The third-order valence-electron chi connectivity index (χ3n) is 3.68. The topological polar surface area (TPSA) is 122 Å². The molecule has 3 N–H and O–H groups in total. The number of aromatic nitrogens is 2. The molecule has 2 atom stereocenters. The minimum atomic E-state index is -3.67. The van der Waals surface area contributed by atoms with Crippen LogP contribution in [0.1, 0.15) is 6.92 Å². The standard InChI is InChI=1S/C12H14N6O3S/c1-2-22(20,21)18(9-6-14-15-7-9)8-16-17-10(12(13)19)4-3-5-11(17)18/h3-8,10H,2H2,1H3,(H2-,13,14,15,19)/p+1. The van der Waals surface area contributed by atoms with Gasteiger partial charge in [0, 0.05) is 6.08 Å². The first-order valence-electron chi connectivity index (χ1n) is 6.58. The maximum absolute atomic E-state index is 12.8. The molecule has 0 saturated carbocycles. The van der Waals surface area contributed by atoms with Gasteiger partial charge in [-0.15, -0.1) is 5.10 Å². The molecule has 0 fully saturated rings. The van der Waals surface area contributed by atoms with Crippen molar-refractivity contribution < 1.29 is 13.2 Å². The normalized spacial score (nSPS) is 26.9. The number of H-pyrrole nitrogens is 1. The first-order valence-corrected chi connectivity index (χ1v) is 8.18. The Labute approximate surface area is 127 Å². The van der Waals surface area contributed by atoms with Gasteiger partial charge >= 0.3 is 10.0 Å². The van der Waals surface area contributed by atoms with Gasteiger partial charge in [-0.3, -0.25) is 9.89 Å². The van der Waals surface area contributed by atoms with Gasteiger partial charge in [0.15, 0.2) is 11.7 Å². The number of nitrogens with zero attached hydrogens (tertiary/aromatic N) is 4. The Kier molecular flexibility index (Phi) is 3.15. The molecular weight excluding hydrogens is 308 g/mol. The van der Waals surface area contributed by atoms with Gasteiger partial charge in [-0.05, 0) is 6.92 Å². The van der Waals surface area contributed by atoms with Crippen LogP contribution in [-0.2, 0) is 14.8 Å². The number of rotatable bonds is 4. The van der Waals surface area contributed by atoms with Crippen LogP contribution in [-0.4, -0.2) is 47.7 Å². The summed E-state index contributed by atoms with van der Waals surface area (Å²) in [5.74, 6) is -0.407. The summed E-state index contributed by atoms with van der Waals surface area (Å²) in [6.07, 6.45) is 8.96. The molecule has 2 aliphatic heterocycles. The number of quaternary nitrogens is 1. The van der Waals surface area contributed by atoms with Crippen LogP contribution in [0.2, 0.25) is 0 Å². The van der Waals surface area contributed by atoms with Gasteiger partial charge in [0.05, 0.1) is 11.9 Å². The fourth-order valence-corrected chi connectivity index (χ4v) is 3.99. The van der Waals surface area contributed by atoms with Crippen LogP contribution in [0, 0.1) is 0 Å². The molecule has 9 nitrogen and oxygen atoms in total. The highest BCUT2D eigenvalue weighted by Crippen LogP contribution is 2.39. The van der Waals surface area contributed by atoms with Crippen LogP contribution < -0.4 is 9.62 Å². The van der Waals surface area contributed by atoms with Gasteiger partial charge < -0.3 is 5.73 Å². The van der Waals surface area contributed by atoms with Crippen molar-refractivity contribution in [3.63, 3.8) is 0 Å². The number of aromatic amines is 1. The largest absolute Gasteiger partial charge is 0.368 e. The van der Waals surface area contributed by atoms with Crippen molar-refractivity contribution in [2.24, 2.45) is 10.8 Å². The number of nitrogens with two attached hydrogens (primary N) is 1. The zero-order chi connectivity index (χ0) is 16.0. The number of carbonyl (C=O) groups excluding carboxylic acids is 1. The Hall–Kier alpha value is -2.46. The summed E-state index contributed by atoms with van der Waals surface area (Å²) in [5, 5.41) is 11.9. The maximum atomic E-state index is 12.8. The minimum Gasteiger partial charge on any atom is -0.368 e. The highest BCUT2D eigenvalue weighted by molar-refractivity contribution is 7.91. The second-order valence-electron chi connectivity index (χ2n) is 4.82. The molecule has 0 radical (unpaired) electrons. The minimum absolute atomic E-state index is 0.111. The molecule has 3 heterocycles. The van der Waals surface area contributed by atoms with Crippen molar-refractivity contribution >= 4 is 28.0 Å². The third-order valence-corrected chi connectivity index (χ3v) is 5.78. The van der Waals surface area contributed by atoms with Crippen LogP contribution in [0.4, 0.5) is 5.69 Å². The molecule has 0 aromatic carbocycles. The molecule has 10 heteroatoms. The quantitative estimate of drug-likeness (QED) is 0.730. The van der Waals surface area contributed by atoms with E-state index in [0.29, 0.717) is 11.5 Å². The zero-order valence-corrected chi connectivity index (χ0v) is 12.6. The summed E-state index contributed by atoms with van der Waals surface area (Å²) < 4.78 is 24.9. The molecule has 0 aliphatic carbocycles.